The third kappa shape index (κ3) is 3.35. The van der Waals surface area contributed by atoms with Gasteiger partial charge in [-0.1, -0.05) is 0 Å². The highest BCUT2D eigenvalue weighted by atomic mass is 19.1. The van der Waals surface area contributed by atoms with Crippen LogP contribution >= 0.6 is 0 Å². The van der Waals surface area contributed by atoms with E-state index in [1.807, 2.05) is 0 Å². The SMILES string of the molecule is CC(NC(=O)c1cc2c([nH]c1=O)CCCC2=O)c1cc(F)ccc1F. The number of halogens is 2. The number of aromatic nitrogens is 1. The van der Waals surface area contributed by atoms with Crippen LogP contribution in [0.3, 0.4) is 0 Å². The van der Waals surface area contributed by atoms with Crippen LogP contribution in [0.15, 0.2) is 29.1 Å². The first-order valence-corrected chi connectivity index (χ1v) is 7.92. The van der Waals surface area contributed by atoms with Crippen molar-refractivity contribution in [2.24, 2.45) is 0 Å². The number of pyridine rings is 1. The summed E-state index contributed by atoms with van der Waals surface area (Å²) in [5, 5.41) is 2.47. The summed E-state index contributed by atoms with van der Waals surface area (Å²) in [5.41, 5.74) is -0.00282. The smallest absolute Gasteiger partial charge is 0.261 e. The van der Waals surface area contributed by atoms with Gasteiger partial charge in [0, 0.05) is 23.2 Å². The minimum absolute atomic E-state index is 0.0289. The Morgan fingerprint density at radius 1 is 1.20 bits per heavy atom. The number of H-pyrrole nitrogens is 1. The average molecular weight is 346 g/mol. The molecule has 2 aromatic rings. The van der Waals surface area contributed by atoms with Gasteiger partial charge < -0.3 is 10.3 Å². The number of rotatable bonds is 3. The summed E-state index contributed by atoms with van der Waals surface area (Å²) in [6.07, 6.45) is 1.59. The van der Waals surface area contributed by atoms with Gasteiger partial charge in [-0.2, -0.15) is 0 Å². The molecule has 0 spiro atoms. The Labute approximate surface area is 142 Å². The summed E-state index contributed by atoms with van der Waals surface area (Å²) in [4.78, 5) is 39.0. The van der Waals surface area contributed by atoms with E-state index in [9.17, 15) is 23.2 Å². The second-order valence-electron chi connectivity index (χ2n) is 6.04. The molecule has 0 saturated carbocycles. The van der Waals surface area contributed by atoms with E-state index in [0.717, 1.165) is 18.2 Å². The van der Waals surface area contributed by atoms with E-state index in [2.05, 4.69) is 10.3 Å². The number of Topliss-reactive ketones (excluding diaryl/α,β-unsaturated/α-hetero) is 1. The van der Waals surface area contributed by atoms with Crippen molar-refractivity contribution < 1.29 is 18.4 Å². The molecular formula is C18H16F2N2O3. The van der Waals surface area contributed by atoms with Crippen molar-refractivity contribution in [2.45, 2.75) is 32.2 Å². The topological polar surface area (TPSA) is 79.0 Å². The fourth-order valence-corrected chi connectivity index (χ4v) is 2.94. The average Bonchev–Trinajstić information content (AvgIpc) is 2.56. The molecule has 5 nitrogen and oxygen atoms in total. The number of carbonyl (C=O) groups excluding carboxylic acids is 2. The molecule has 2 N–H and O–H groups in total. The normalized spacial score (nSPS) is 14.8. The summed E-state index contributed by atoms with van der Waals surface area (Å²) in [6.45, 7) is 1.48. The Hall–Kier alpha value is -2.83. The Bertz CT molecular complexity index is 921. The second-order valence-corrected chi connectivity index (χ2v) is 6.04. The maximum atomic E-state index is 13.8. The van der Waals surface area contributed by atoms with Crippen molar-refractivity contribution in [3.05, 3.63) is 68.6 Å². The number of amides is 1. The molecule has 1 aliphatic carbocycles. The molecule has 1 aliphatic rings. The number of nitrogens with one attached hydrogen (secondary N) is 2. The fourth-order valence-electron chi connectivity index (χ4n) is 2.94. The summed E-state index contributed by atoms with van der Waals surface area (Å²) >= 11 is 0. The minimum Gasteiger partial charge on any atom is -0.345 e. The standard InChI is InChI=1S/C18H16F2N2O3/c1-9(11-7-10(19)5-6-14(11)20)21-17(24)13-8-12-15(22-18(13)25)3-2-4-16(12)23/h5-9H,2-4H2,1H3,(H,21,24)(H,22,25). The first-order valence-electron chi connectivity index (χ1n) is 7.92. The molecule has 25 heavy (non-hydrogen) atoms. The van der Waals surface area contributed by atoms with Gasteiger partial charge in [-0.05, 0) is 44.0 Å². The third-order valence-corrected chi connectivity index (χ3v) is 4.27. The van der Waals surface area contributed by atoms with E-state index in [0.29, 0.717) is 30.5 Å². The van der Waals surface area contributed by atoms with Crippen molar-refractivity contribution in [3.8, 4) is 0 Å². The highest BCUT2D eigenvalue weighted by Gasteiger charge is 2.23. The van der Waals surface area contributed by atoms with Crippen LogP contribution in [0.1, 0.15) is 57.8 Å². The van der Waals surface area contributed by atoms with Crippen LogP contribution in [0.2, 0.25) is 0 Å². The molecule has 0 aliphatic heterocycles. The van der Waals surface area contributed by atoms with Gasteiger partial charge in [-0.3, -0.25) is 14.4 Å². The van der Waals surface area contributed by atoms with Crippen molar-refractivity contribution >= 4 is 11.7 Å². The lowest BCUT2D eigenvalue weighted by atomic mass is 9.93. The largest absolute Gasteiger partial charge is 0.345 e. The van der Waals surface area contributed by atoms with Crippen LogP contribution in [0.4, 0.5) is 8.78 Å². The first-order chi connectivity index (χ1) is 11.9. The van der Waals surface area contributed by atoms with E-state index in [1.165, 1.54) is 13.0 Å². The number of fused-ring (bicyclic) bond motifs is 1. The Morgan fingerprint density at radius 2 is 1.96 bits per heavy atom. The zero-order valence-corrected chi connectivity index (χ0v) is 13.5. The molecular weight excluding hydrogens is 330 g/mol. The Morgan fingerprint density at radius 3 is 2.72 bits per heavy atom. The van der Waals surface area contributed by atoms with Crippen LogP contribution in [0.5, 0.6) is 0 Å². The van der Waals surface area contributed by atoms with E-state index in [1.54, 1.807) is 0 Å². The van der Waals surface area contributed by atoms with Gasteiger partial charge in [-0.15, -0.1) is 0 Å². The molecule has 130 valence electrons. The number of aromatic amines is 1. The lowest BCUT2D eigenvalue weighted by Gasteiger charge is -2.17. The van der Waals surface area contributed by atoms with Gasteiger partial charge in [0.25, 0.3) is 11.5 Å². The Kier molecular flexibility index (Phi) is 4.48. The van der Waals surface area contributed by atoms with Crippen molar-refractivity contribution in [1.29, 1.82) is 0 Å². The summed E-state index contributed by atoms with van der Waals surface area (Å²) in [5.74, 6) is -2.17. The molecule has 1 atom stereocenters. The molecule has 0 radical (unpaired) electrons. The Balaban J connectivity index is 1.89. The van der Waals surface area contributed by atoms with E-state index < -0.39 is 29.1 Å². The van der Waals surface area contributed by atoms with Gasteiger partial charge >= 0.3 is 0 Å². The van der Waals surface area contributed by atoms with Crippen molar-refractivity contribution in [3.63, 3.8) is 0 Å². The van der Waals surface area contributed by atoms with E-state index in [-0.39, 0.29) is 16.9 Å². The predicted molar refractivity (Wildman–Crippen MR) is 86.6 cm³/mol. The summed E-state index contributed by atoms with van der Waals surface area (Å²) in [7, 11) is 0. The second kappa shape index (κ2) is 6.58. The molecule has 0 bridgehead atoms. The van der Waals surface area contributed by atoms with E-state index in [4.69, 9.17) is 0 Å². The maximum Gasteiger partial charge on any atom is 0.261 e. The zero-order valence-electron chi connectivity index (χ0n) is 13.5. The zero-order chi connectivity index (χ0) is 18.1. The number of benzene rings is 1. The highest BCUT2D eigenvalue weighted by molar-refractivity contribution is 6.01. The molecule has 3 rings (SSSR count). The number of carbonyl (C=O) groups is 2. The van der Waals surface area contributed by atoms with Gasteiger partial charge in [-0.25, -0.2) is 8.78 Å². The van der Waals surface area contributed by atoms with Crippen LogP contribution < -0.4 is 10.9 Å². The predicted octanol–water partition coefficient (Wildman–Crippen LogP) is 2.66. The third-order valence-electron chi connectivity index (χ3n) is 4.27. The van der Waals surface area contributed by atoms with Gasteiger partial charge in [0.05, 0.1) is 6.04 Å². The lowest BCUT2D eigenvalue weighted by molar-refractivity contribution is 0.0937. The molecule has 1 amide bonds. The van der Waals surface area contributed by atoms with Crippen molar-refractivity contribution in [1.82, 2.24) is 10.3 Å². The van der Waals surface area contributed by atoms with Gasteiger partial charge in [0.15, 0.2) is 5.78 Å². The number of ketones is 1. The number of hydrogen-bond acceptors (Lipinski definition) is 3. The number of aryl methyl sites for hydroxylation is 1. The summed E-state index contributed by atoms with van der Waals surface area (Å²) in [6, 6.07) is 3.36. The van der Waals surface area contributed by atoms with E-state index >= 15 is 0 Å². The lowest BCUT2D eigenvalue weighted by Crippen LogP contribution is -2.33. The van der Waals surface area contributed by atoms with Crippen LogP contribution in [0.25, 0.3) is 0 Å². The van der Waals surface area contributed by atoms with Gasteiger partial charge in [0.2, 0.25) is 0 Å². The van der Waals surface area contributed by atoms with Crippen molar-refractivity contribution in [2.75, 3.05) is 0 Å². The first kappa shape index (κ1) is 17.0. The fraction of sp³-hybridized carbons (Fsp3) is 0.278. The van der Waals surface area contributed by atoms with Gasteiger partial charge in [0.1, 0.15) is 17.2 Å². The number of hydrogen-bond donors (Lipinski definition) is 2. The van der Waals surface area contributed by atoms with Crippen LogP contribution in [-0.2, 0) is 6.42 Å². The molecule has 1 unspecified atom stereocenters. The quantitative estimate of drug-likeness (QED) is 0.897. The molecule has 7 heteroatoms. The summed E-state index contributed by atoms with van der Waals surface area (Å²) < 4.78 is 27.1. The van der Waals surface area contributed by atoms with Crippen LogP contribution in [0, 0.1) is 11.6 Å². The monoisotopic (exact) mass is 346 g/mol. The molecule has 1 aromatic carbocycles. The highest BCUT2D eigenvalue weighted by Crippen LogP contribution is 2.20. The molecule has 1 aromatic heterocycles. The molecule has 0 fully saturated rings. The maximum absolute atomic E-state index is 13.8. The van der Waals surface area contributed by atoms with Crippen LogP contribution in [-0.4, -0.2) is 16.7 Å². The molecule has 0 saturated heterocycles. The minimum atomic E-state index is -0.852. The molecule has 1 heterocycles.